The van der Waals surface area contributed by atoms with Crippen molar-refractivity contribution in [3.05, 3.63) is 48.5 Å². The van der Waals surface area contributed by atoms with Crippen LogP contribution in [0.25, 0.3) is 11.4 Å². The number of anilines is 1. The fraction of sp³-hybridized carbons (Fsp3) is 0.211. The molecule has 0 unspecified atom stereocenters. The first kappa shape index (κ1) is 19.3. The molecule has 140 valence electrons. The first-order valence-corrected chi connectivity index (χ1v) is 10.4. The minimum Gasteiger partial charge on any atom is -0.497 e. The summed E-state index contributed by atoms with van der Waals surface area (Å²) in [5.41, 5.74) is 1.74. The van der Waals surface area contributed by atoms with Crippen LogP contribution >= 0.6 is 23.5 Å². The molecule has 0 radical (unpaired) electrons. The third kappa shape index (κ3) is 4.84. The third-order valence-corrected chi connectivity index (χ3v) is 5.61. The van der Waals surface area contributed by atoms with Crippen LogP contribution in [-0.4, -0.2) is 39.8 Å². The molecule has 27 heavy (non-hydrogen) atoms. The maximum Gasteiger partial charge on any atom is 0.234 e. The summed E-state index contributed by atoms with van der Waals surface area (Å²) in [4.78, 5) is 13.3. The highest BCUT2D eigenvalue weighted by atomic mass is 32.2. The second kappa shape index (κ2) is 8.96. The molecule has 0 bridgehead atoms. The number of carbonyl (C=O) groups is 1. The summed E-state index contributed by atoms with van der Waals surface area (Å²) < 4.78 is 7.06. The van der Waals surface area contributed by atoms with Gasteiger partial charge in [0.05, 0.1) is 12.9 Å². The molecule has 8 heteroatoms. The van der Waals surface area contributed by atoms with E-state index >= 15 is 0 Å². The van der Waals surface area contributed by atoms with Gasteiger partial charge in [-0.2, -0.15) is 0 Å². The van der Waals surface area contributed by atoms with Crippen LogP contribution in [0.4, 0.5) is 5.69 Å². The largest absolute Gasteiger partial charge is 0.497 e. The molecule has 0 saturated carbocycles. The van der Waals surface area contributed by atoms with Crippen LogP contribution in [0.3, 0.4) is 0 Å². The van der Waals surface area contributed by atoms with Crippen LogP contribution in [0.15, 0.2) is 58.6 Å². The highest BCUT2D eigenvalue weighted by Gasteiger charge is 2.13. The molecule has 0 saturated heterocycles. The Labute approximate surface area is 166 Å². The highest BCUT2D eigenvalue weighted by Crippen LogP contribution is 2.25. The molecule has 1 N–H and O–H groups in total. The van der Waals surface area contributed by atoms with E-state index in [1.54, 1.807) is 18.9 Å². The van der Waals surface area contributed by atoms with Gasteiger partial charge in [0.15, 0.2) is 11.0 Å². The van der Waals surface area contributed by atoms with Crippen molar-refractivity contribution >= 4 is 35.1 Å². The normalized spacial score (nSPS) is 10.6. The minimum absolute atomic E-state index is 0.0766. The van der Waals surface area contributed by atoms with Gasteiger partial charge in [-0.15, -0.1) is 22.0 Å². The Kier molecular flexibility index (Phi) is 6.41. The Bertz CT molecular complexity index is 926. The average Bonchev–Trinajstić information content (AvgIpc) is 3.07. The Morgan fingerprint density at radius 3 is 2.67 bits per heavy atom. The molecular formula is C19H20N4O2S2. The van der Waals surface area contributed by atoms with Gasteiger partial charge in [0.2, 0.25) is 5.91 Å². The van der Waals surface area contributed by atoms with Gasteiger partial charge in [0, 0.05) is 23.2 Å². The lowest BCUT2D eigenvalue weighted by Crippen LogP contribution is -2.14. The summed E-state index contributed by atoms with van der Waals surface area (Å²) in [5.74, 6) is 1.72. The van der Waals surface area contributed by atoms with Crippen LogP contribution in [0.2, 0.25) is 0 Å². The fourth-order valence-electron chi connectivity index (χ4n) is 2.46. The minimum atomic E-state index is -0.0766. The molecular weight excluding hydrogens is 380 g/mol. The molecule has 1 aromatic heterocycles. The number of hydrogen-bond donors (Lipinski definition) is 1. The lowest BCUT2D eigenvalue weighted by molar-refractivity contribution is -0.113. The molecule has 3 aromatic rings. The third-order valence-electron chi connectivity index (χ3n) is 3.87. The van der Waals surface area contributed by atoms with Gasteiger partial charge in [-0.1, -0.05) is 17.8 Å². The smallest absolute Gasteiger partial charge is 0.234 e. The van der Waals surface area contributed by atoms with Crippen molar-refractivity contribution in [3.63, 3.8) is 0 Å². The molecule has 0 aliphatic heterocycles. The summed E-state index contributed by atoms with van der Waals surface area (Å²) in [7, 11) is 3.52. The number of carbonyl (C=O) groups excluding carboxylic acids is 1. The van der Waals surface area contributed by atoms with Crippen LogP contribution in [0.5, 0.6) is 5.75 Å². The number of aromatic nitrogens is 3. The zero-order valence-corrected chi connectivity index (χ0v) is 16.9. The number of thioether (sulfide) groups is 2. The van der Waals surface area contributed by atoms with Crippen LogP contribution < -0.4 is 10.1 Å². The average molecular weight is 401 g/mol. The monoisotopic (exact) mass is 400 g/mol. The van der Waals surface area contributed by atoms with Gasteiger partial charge in [0.25, 0.3) is 0 Å². The lowest BCUT2D eigenvalue weighted by Gasteiger charge is -2.07. The summed E-state index contributed by atoms with van der Waals surface area (Å²) in [6, 6.07) is 15.4. The van der Waals surface area contributed by atoms with E-state index in [1.807, 2.05) is 66.4 Å². The molecule has 0 spiro atoms. The number of nitrogens with one attached hydrogen (secondary N) is 1. The van der Waals surface area contributed by atoms with E-state index in [0.29, 0.717) is 5.16 Å². The second-order valence-electron chi connectivity index (χ2n) is 5.66. The van der Waals surface area contributed by atoms with E-state index in [9.17, 15) is 4.79 Å². The van der Waals surface area contributed by atoms with Crippen molar-refractivity contribution in [2.24, 2.45) is 7.05 Å². The number of hydrogen-bond acceptors (Lipinski definition) is 6. The first-order valence-electron chi connectivity index (χ1n) is 8.21. The zero-order chi connectivity index (χ0) is 19.2. The Morgan fingerprint density at radius 2 is 1.96 bits per heavy atom. The number of benzene rings is 2. The number of rotatable bonds is 7. The second-order valence-corrected chi connectivity index (χ2v) is 7.48. The molecule has 0 aliphatic rings. The zero-order valence-electron chi connectivity index (χ0n) is 15.3. The topological polar surface area (TPSA) is 69.0 Å². The van der Waals surface area contributed by atoms with Gasteiger partial charge < -0.3 is 14.6 Å². The van der Waals surface area contributed by atoms with E-state index in [-0.39, 0.29) is 11.7 Å². The van der Waals surface area contributed by atoms with Crippen molar-refractivity contribution in [2.75, 3.05) is 24.4 Å². The van der Waals surface area contributed by atoms with Crippen molar-refractivity contribution < 1.29 is 9.53 Å². The summed E-state index contributed by atoms with van der Waals surface area (Å²) in [6.07, 6.45) is 2.01. The Morgan fingerprint density at radius 1 is 1.19 bits per heavy atom. The van der Waals surface area contributed by atoms with E-state index in [2.05, 4.69) is 15.5 Å². The number of nitrogens with zero attached hydrogens (tertiary/aromatic N) is 3. The number of amides is 1. The van der Waals surface area contributed by atoms with Gasteiger partial charge in [-0.25, -0.2) is 0 Å². The molecule has 3 rings (SSSR count). The summed E-state index contributed by atoms with van der Waals surface area (Å²) in [6.45, 7) is 0. The van der Waals surface area contributed by atoms with Gasteiger partial charge in [0.1, 0.15) is 5.75 Å². The van der Waals surface area contributed by atoms with Crippen molar-refractivity contribution in [1.29, 1.82) is 0 Å². The molecule has 0 fully saturated rings. The summed E-state index contributed by atoms with van der Waals surface area (Å²) in [5, 5.41) is 12.0. The standard InChI is InChI=1S/C19H20N4O2S2/c1-23-18(13-7-9-15(25-2)10-8-13)21-22-19(23)27-12-17(24)20-14-5-4-6-16(11-14)26-3/h4-11H,12H2,1-3H3,(H,20,24). The number of methoxy groups -OCH3 is 1. The molecule has 0 aliphatic carbocycles. The fourth-order valence-corrected chi connectivity index (χ4v) is 3.63. The van der Waals surface area contributed by atoms with Crippen molar-refractivity contribution in [2.45, 2.75) is 10.1 Å². The van der Waals surface area contributed by atoms with Crippen molar-refractivity contribution in [3.8, 4) is 17.1 Å². The van der Waals surface area contributed by atoms with Crippen molar-refractivity contribution in [1.82, 2.24) is 14.8 Å². The van der Waals surface area contributed by atoms with E-state index in [0.717, 1.165) is 27.7 Å². The molecule has 6 nitrogen and oxygen atoms in total. The van der Waals surface area contributed by atoms with E-state index in [1.165, 1.54) is 11.8 Å². The van der Waals surface area contributed by atoms with E-state index in [4.69, 9.17) is 4.74 Å². The Hall–Kier alpha value is -2.45. The van der Waals surface area contributed by atoms with Gasteiger partial charge in [-0.05, 0) is 48.7 Å². The SMILES string of the molecule is COc1ccc(-c2nnc(SCC(=O)Nc3cccc(SC)c3)n2C)cc1. The Balaban J connectivity index is 1.62. The van der Waals surface area contributed by atoms with Crippen LogP contribution in [-0.2, 0) is 11.8 Å². The van der Waals surface area contributed by atoms with Gasteiger partial charge >= 0.3 is 0 Å². The van der Waals surface area contributed by atoms with Gasteiger partial charge in [-0.3, -0.25) is 4.79 Å². The predicted octanol–water partition coefficient (Wildman–Crippen LogP) is 3.94. The molecule has 2 aromatic carbocycles. The lowest BCUT2D eigenvalue weighted by atomic mass is 10.2. The van der Waals surface area contributed by atoms with Crippen LogP contribution in [0, 0.1) is 0 Å². The molecule has 1 amide bonds. The first-order chi connectivity index (χ1) is 13.1. The predicted molar refractivity (Wildman–Crippen MR) is 111 cm³/mol. The van der Waals surface area contributed by atoms with E-state index < -0.39 is 0 Å². The van der Waals surface area contributed by atoms with Crippen LogP contribution in [0.1, 0.15) is 0 Å². The number of ether oxygens (including phenoxy) is 1. The maximum atomic E-state index is 12.2. The highest BCUT2D eigenvalue weighted by molar-refractivity contribution is 7.99. The summed E-state index contributed by atoms with van der Waals surface area (Å²) >= 11 is 2.99. The molecule has 0 atom stereocenters. The maximum absolute atomic E-state index is 12.2. The molecule has 1 heterocycles. The quantitative estimate of drug-likeness (QED) is 0.606.